The zero-order valence-electron chi connectivity index (χ0n) is 33.1. The monoisotopic (exact) mass is 673 g/mol. The van der Waals surface area contributed by atoms with Gasteiger partial charge >= 0.3 is 0 Å². The molecular weight excluding hydrogens is 589 g/mol. The highest BCUT2D eigenvalue weighted by molar-refractivity contribution is 5.52. The summed E-state index contributed by atoms with van der Waals surface area (Å²) in [4.78, 5) is 0. The maximum atomic E-state index is 2.91. The van der Waals surface area contributed by atoms with Crippen molar-refractivity contribution in [1.82, 2.24) is 0 Å². The van der Waals surface area contributed by atoms with Gasteiger partial charge in [0, 0.05) is 0 Å². The fraction of sp³-hybridized carbons (Fsp3) is 0.837. The molecule has 280 valence electrons. The molecule has 0 N–H and O–H groups in total. The molecule has 0 unspecified atom stereocenters. The second-order valence-electron chi connectivity index (χ2n) is 17.1. The predicted molar refractivity (Wildman–Crippen MR) is 219 cm³/mol. The van der Waals surface area contributed by atoms with Crippen LogP contribution in [-0.2, 0) is 0 Å². The van der Waals surface area contributed by atoms with Gasteiger partial charge in [0.15, 0.2) is 0 Å². The minimum Gasteiger partial charge on any atom is -0.0838 e. The lowest BCUT2D eigenvalue weighted by atomic mass is 9.58. The predicted octanol–water partition coefficient (Wildman–Crippen LogP) is 17.3. The second-order valence-corrected chi connectivity index (χ2v) is 17.1. The molecular formula is C49H84. The van der Waals surface area contributed by atoms with E-state index in [1.54, 1.807) is 0 Å². The summed E-state index contributed by atoms with van der Waals surface area (Å²) in [5.74, 6) is 0. The van der Waals surface area contributed by atoms with Gasteiger partial charge < -0.3 is 0 Å². The van der Waals surface area contributed by atoms with E-state index in [-0.39, 0.29) is 5.41 Å². The second kappa shape index (κ2) is 26.7. The first-order chi connectivity index (χ1) is 24.4. The van der Waals surface area contributed by atoms with Crippen molar-refractivity contribution in [3.63, 3.8) is 0 Å². The third-order valence-corrected chi connectivity index (χ3v) is 13.1. The van der Waals surface area contributed by atoms with Gasteiger partial charge in [-0.05, 0) is 103 Å². The maximum Gasteiger partial charge on any atom is 0.0541 e. The molecule has 4 rings (SSSR count). The molecule has 0 saturated heterocycles. The lowest BCUT2D eigenvalue weighted by Crippen LogP contribution is -2.33. The third kappa shape index (κ3) is 15.2. The van der Waals surface area contributed by atoms with Crippen molar-refractivity contribution in [2.75, 3.05) is 0 Å². The molecule has 0 aliphatic heterocycles. The van der Waals surface area contributed by atoms with Crippen LogP contribution in [0.25, 0.3) is 0 Å². The van der Waals surface area contributed by atoms with E-state index in [4.69, 9.17) is 0 Å². The average molecular weight is 673 g/mol. The summed E-state index contributed by atoms with van der Waals surface area (Å²) in [6, 6.07) is 0. The van der Waals surface area contributed by atoms with Crippen LogP contribution in [0.1, 0.15) is 257 Å². The molecule has 0 aromatic rings. The van der Waals surface area contributed by atoms with Crippen molar-refractivity contribution in [2.24, 2.45) is 5.41 Å². The molecule has 0 radical (unpaired) electrons. The molecule has 0 aromatic carbocycles. The van der Waals surface area contributed by atoms with Crippen LogP contribution in [0.3, 0.4) is 0 Å². The molecule has 49 heavy (non-hydrogen) atoms. The van der Waals surface area contributed by atoms with Crippen LogP contribution in [0.15, 0.2) is 46.6 Å². The Labute approximate surface area is 307 Å². The molecule has 0 spiro atoms. The molecule has 0 heterocycles. The van der Waals surface area contributed by atoms with Crippen molar-refractivity contribution in [2.45, 2.75) is 257 Å². The largest absolute Gasteiger partial charge is 0.0838 e. The average Bonchev–Trinajstić information content (AvgIpc) is 3.08. The van der Waals surface area contributed by atoms with Gasteiger partial charge in [-0.15, -0.1) is 0 Å². The van der Waals surface area contributed by atoms with E-state index in [1.807, 2.05) is 22.3 Å². The van der Waals surface area contributed by atoms with E-state index in [9.17, 15) is 0 Å². The molecule has 4 aliphatic carbocycles. The first kappa shape index (κ1) is 40.7. The number of hydrogen-bond acceptors (Lipinski definition) is 0. The normalized spacial score (nSPS) is 25.8. The summed E-state index contributed by atoms with van der Waals surface area (Å²) >= 11 is 0. The zero-order chi connectivity index (χ0) is 33.9. The van der Waals surface area contributed by atoms with Crippen LogP contribution >= 0.6 is 0 Å². The molecule has 0 aromatic heterocycles. The summed E-state index contributed by atoms with van der Waals surface area (Å²) in [5.41, 5.74) is 7.64. The van der Waals surface area contributed by atoms with Crippen LogP contribution in [0, 0.1) is 5.41 Å². The first-order valence-corrected chi connectivity index (χ1v) is 23.2. The summed E-state index contributed by atoms with van der Waals surface area (Å²) in [6.07, 6.45) is 68.3. The van der Waals surface area contributed by atoms with E-state index < -0.39 is 0 Å². The highest BCUT2D eigenvalue weighted by atomic mass is 14.5. The SMILES string of the molecule is C1=C(C(C2=CCCCCCCCCCC2)(C2=CCCCCCCCCCC2)C2=CCCCCCCCCCC2)CCCCCCCCCC1. The van der Waals surface area contributed by atoms with Crippen molar-refractivity contribution in [1.29, 1.82) is 0 Å². The van der Waals surface area contributed by atoms with Crippen LogP contribution in [0.5, 0.6) is 0 Å². The minimum atomic E-state index is 0.0719. The molecule has 0 fully saturated rings. The van der Waals surface area contributed by atoms with E-state index >= 15 is 0 Å². The minimum absolute atomic E-state index is 0.0719. The molecule has 0 bridgehead atoms. The van der Waals surface area contributed by atoms with E-state index in [0.29, 0.717) is 0 Å². The highest BCUT2D eigenvalue weighted by Gasteiger charge is 2.43. The summed E-state index contributed by atoms with van der Waals surface area (Å²) in [5, 5.41) is 0. The fourth-order valence-electron chi connectivity index (χ4n) is 10.2. The smallest absolute Gasteiger partial charge is 0.0541 e. The summed E-state index contributed by atoms with van der Waals surface area (Å²) in [6.45, 7) is 0. The lowest BCUT2D eigenvalue weighted by molar-refractivity contribution is 0.454. The van der Waals surface area contributed by atoms with Crippen molar-refractivity contribution in [3.05, 3.63) is 46.6 Å². The standard InChI is InChI=1S/C49H84/c1-5-13-21-29-37-45(38-30-22-14-6-1)49(46-39-31-23-15-7-2-8-16-24-32-40-46,47-41-33-25-17-9-3-10-18-26-34-42-47)48-43-35-27-19-11-4-12-20-28-36-44-48/h37,39,41,43H,1-36,38,40,42,44H2. The van der Waals surface area contributed by atoms with Gasteiger partial charge in [0.05, 0.1) is 5.41 Å². The van der Waals surface area contributed by atoms with Gasteiger partial charge in [0.25, 0.3) is 0 Å². The lowest BCUT2D eigenvalue weighted by Gasteiger charge is -2.45. The summed E-state index contributed by atoms with van der Waals surface area (Å²) < 4.78 is 0. The summed E-state index contributed by atoms with van der Waals surface area (Å²) in [7, 11) is 0. The van der Waals surface area contributed by atoms with Gasteiger partial charge in [0.1, 0.15) is 0 Å². The Bertz CT molecular complexity index is 797. The topological polar surface area (TPSA) is 0 Å². The Morgan fingerprint density at radius 2 is 0.367 bits per heavy atom. The Balaban J connectivity index is 1.91. The zero-order valence-corrected chi connectivity index (χ0v) is 33.1. The van der Waals surface area contributed by atoms with E-state index in [2.05, 4.69) is 24.3 Å². The highest BCUT2D eigenvalue weighted by Crippen LogP contribution is 2.56. The van der Waals surface area contributed by atoms with Gasteiger partial charge in [-0.2, -0.15) is 0 Å². The van der Waals surface area contributed by atoms with Crippen LogP contribution in [0.2, 0.25) is 0 Å². The van der Waals surface area contributed by atoms with Crippen LogP contribution in [0.4, 0.5) is 0 Å². The maximum absolute atomic E-state index is 2.91. The molecule has 0 nitrogen and oxygen atoms in total. The van der Waals surface area contributed by atoms with Gasteiger partial charge in [-0.25, -0.2) is 0 Å². The molecule has 0 heteroatoms. The van der Waals surface area contributed by atoms with E-state index in [0.717, 1.165) is 0 Å². The van der Waals surface area contributed by atoms with Crippen molar-refractivity contribution < 1.29 is 0 Å². The third-order valence-electron chi connectivity index (χ3n) is 13.1. The Hall–Kier alpha value is -1.04. The molecule has 0 atom stereocenters. The molecule has 0 saturated carbocycles. The van der Waals surface area contributed by atoms with E-state index in [1.165, 1.54) is 257 Å². The Morgan fingerprint density at radius 1 is 0.204 bits per heavy atom. The van der Waals surface area contributed by atoms with Crippen LogP contribution < -0.4 is 0 Å². The van der Waals surface area contributed by atoms with Gasteiger partial charge in [-0.1, -0.05) is 201 Å². The molecule has 4 aliphatic rings. The number of allylic oxidation sites excluding steroid dienone is 8. The molecule has 0 amide bonds. The number of rotatable bonds is 4. The number of hydrogen-bond donors (Lipinski definition) is 0. The van der Waals surface area contributed by atoms with Gasteiger partial charge in [0.2, 0.25) is 0 Å². The van der Waals surface area contributed by atoms with Crippen LogP contribution in [-0.4, -0.2) is 0 Å². The van der Waals surface area contributed by atoms with Gasteiger partial charge in [-0.3, -0.25) is 0 Å². The first-order valence-electron chi connectivity index (χ1n) is 23.2. The fourth-order valence-corrected chi connectivity index (χ4v) is 10.2. The Morgan fingerprint density at radius 3 is 0.571 bits per heavy atom. The van der Waals surface area contributed by atoms with Crippen molar-refractivity contribution >= 4 is 0 Å². The van der Waals surface area contributed by atoms with Crippen molar-refractivity contribution in [3.8, 4) is 0 Å². The quantitative estimate of drug-likeness (QED) is 0.261. The Kier molecular flexibility index (Phi) is 22.2.